The van der Waals surface area contributed by atoms with Crippen LogP contribution in [-0.2, 0) is 4.79 Å². The standard InChI is InChI=1S/C10H21NO2/c1-2-3-4-5-6-9(12)7-8-10(11)13/h9,12H,2-8H2,1H3,(H2,11,13). The minimum absolute atomic E-state index is 0.301. The summed E-state index contributed by atoms with van der Waals surface area (Å²) in [6.45, 7) is 2.16. The predicted molar refractivity (Wildman–Crippen MR) is 53.2 cm³/mol. The molecule has 13 heavy (non-hydrogen) atoms. The Bertz CT molecular complexity index is 137. The van der Waals surface area contributed by atoms with Crippen molar-refractivity contribution in [3.63, 3.8) is 0 Å². The van der Waals surface area contributed by atoms with Crippen LogP contribution in [0.2, 0.25) is 0 Å². The average molecular weight is 187 g/mol. The van der Waals surface area contributed by atoms with E-state index in [2.05, 4.69) is 6.92 Å². The monoisotopic (exact) mass is 187 g/mol. The molecule has 0 aromatic rings. The largest absolute Gasteiger partial charge is 0.393 e. The van der Waals surface area contributed by atoms with Crippen LogP contribution in [-0.4, -0.2) is 17.1 Å². The third-order valence-electron chi connectivity index (χ3n) is 2.11. The fraction of sp³-hybridized carbons (Fsp3) is 0.900. The summed E-state index contributed by atoms with van der Waals surface area (Å²) in [4.78, 5) is 10.4. The molecule has 0 saturated carbocycles. The zero-order chi connectivity index (χ0) is 10.1. The summed E-state index contributed by atoms with van der Waals surface area (Å²) >= 11 is 0. The van der Waals surface area contributed by atoms with Gasteiger partial charge < -0.3 is 10.8 Å². The fourth-order valence-corrected chi connectivity index (χ4v) is 1.26. The molecule has 0 heterocycles. The van der Waals surface area contributed by atoms with Crippen LogP contribution in [0.3, 0.4) is 0 Å². The van der Waals surface area contributed by atoms with Gasteiger partial charge in [0.1, 0.15) is 0 Å². The Kier molecular flexibility index (Phi) is 7.69. The minimum Gasteiger partial charge on any atom is -0.393 e. The van der Waals surface area contributed by atoms with Crippen molar-refractivity contribution in [3.05, 3.63) is 0 Å². The molecule has 3 N–H and O–H groups in total. The fourth-order valence-electron chi connectivity index (χ4n) is 1.26. The molecule has 1 unspecified atom stereocenters. The Morgan fingerprint density at radius 3 is 2.54 bits per heavy atom. The number of hydrogen-bond acceptors (Lipinski definition) is 2. The zero-order valence-electron chi connectivity index (χ0n) is 8.46. The third kappa shape index (κ3) is 9.34. The van der Waals surface area contributed by atoms with Crippen molar-refractivity contribution in [3.8, 4) is 0 Å². The Balaban J connectivity index is 3.19. The van der Waals surface area contributed by atoms with E-state index in [0.717, 1.165) is 12.8 Å². The molecule has 3 nitrogen and oxygen atoms in total. The molecule has 0 saturated heterocycles. The number of rotatable bonds is 8. The molecule has 78 valence electrons. The highest BCUT2D eigenvalue weighted by Crippen LogP contribution is 2.08. The maximum Gasteiger partial charge on any atom is 0.217 e. The maximum atomic E-state index is 10.4. The number of aliphatic hydroxyl groups is 1. The molecule has 0 radical (unpaired) electrons. The molecule has 0 aliphatic rings. The topological polar surface area (TPSA) is 63.3 Å². The number of aliphatic hydroxyl groups excluding tert-OH is 1. The molecule has 0 spiro atoms. The van der Waals surface area contributed by atoms with Crippen molar-refractivity contribution in [2.24, 2.45) is 5.73 Å². The Labute approximate surface area is 80.3 Å². The number of unbranched alkanes of at least 4 members (excludes halogenated alkanes) is 3. The van der Waals surface area contributed by atoms with Crippen molar-refractivity contribution in [2.75, 3.05) is 0 Å². The van der Waals surface area contributed by atoms with Gasteiger partial charge in [-0.1, -0.05) is 32.6 Å². The maximum absolute atomic E-state index is 10.4. The lowest BCUT2D eigenvalue weighted by molar-refractivity contribution is -0.118. The van der Waals surface area contributed by atoms with E-state index in [-0.39, 0.29) is 12.0 Å². The van der Waals surface area contributed by atoms with Crippen LogP contribution in [0.4, 0.5) is 0 Å². The minimum atomic E-state index is -0.343. The van der Waals surface area contributed by atoms with Gasteiger partial charge in [0.2, 0.25) is 5.91 Å². The highest BCUT2D eigenvalue weighted by molar-refractivity contribution is 5.73. The van der Waals surface area contributed by atoms with E-state index in [0.29, 0.717) is 12.8 Å². The first kappa shape index (κ1) is 12.4. The van der Waals surface area contributed by atoms with Gasteiger partial charge in [-0.25, -0.2) is 0 Å². The quantitative estimate of drug-likeness (QED) is 0.567. The van der Waals surface area contributed by atoms with E-state index in [1.165, 1.54) is 19.3 Å². The Morgan fingerprint density at radius 2 is 2.00 bits per heavy atom. The molecule has 3 heteroatoms. The van der Waals surface area contributed by atoms with Gasteiger partial charge in [0.15, 0.2) is 0 Å². The molecule has 0 aromatic carbocycles. The van der Waals surface area contributed by atoms with Gasteiger partial charge in [0.25, 0.3) is 0 Å². The molecule has 0 aliphatic carbocycles. The molecule has 0 aliphatic heterocycles. The van der Waals surface area contributed by atoms with Crippen LogP contribution in [0, 0.1) is 0 Å². The van der Waals surface area contributed by atoms with Crippen molar-refractivity contribution in [2.45, 2.75) is 58.0 Å². The van der Waals surface area contributed by atoms with Crippen molar-refractivity contribution < 1.29 is 9.90 Å². The van der Waals surface area contributed by atoms with Gasteiger partial charge in [-0.05, 0) is 12.8 Å². The molecular formula is C10H21NO2. The first-order valence-electron chi connectivity index (χ1n) is 5.13. The highest BCUT2D eigenvalue weighted by Gasteiger charge is 2.05. The zero-order valence-corrected chi connectivity index (χ0v) is 8.46. The van der Waals surface area contributed by atoms with E-state index in [1.54, 1.807) is 0 Å². The average Bonchev–Trinajstić information content (AvgIpc) is 2.09. The second kappa shape index (κ2) is 8.05. The van der Waals surface area contributed by atoms with Crippen LogP contribution in [0.1, 0.15) is 51.9 Å². The highest BCUT2D eigenvalue weighted by atomic mass is 16.3. The van der Waals surface area contributed by atoms with E-state index in [1.807, 2.05) is 0 Å². The first-order chi connectivity index (χ1) is 6.16. The van der Waals surface area contributed by atoms with Gasteiger partial charge in [0.05, 0.1) is 6.10 Å². The smallest absolute Gasteiger partial charge is 0.217 e. The van der Waals surface area contributed by atoms with Crippen LogP contribution >= 0.6 is 0 Å². The Hall–Kier alpha value is -0.570. The Morgan fingerprint density at radius 1 is 1.31 bits per heavy atom. The van der Waals surface area contributed by atoms with Crippen LogP contribution < -0.4 is 5.73 Å². The molecule has 1 atom stereocenters. The molecule has 0 bridgehead atoms. The summed E-state index contributed by atoms with van der Waals surface area (Å²) in [6, 6.07) is 0. The van der Waals surface area contributed by atoms with Crippen molar-refractivity contribution >= 4 is 5.91 Å². The third-order valence-corrected chi connectivity index (χ3v) is 2.11. The lowest BCUT2D eigenvalue weighted by Gasteiger charge is -2.08. The molecule has 0 rings (SSSR count). The summed E-state index contributed by atoms with van der Waals surface area (Å²) in [5, 5.41) is 9.39. The molecular weight excluding hydrogens is 166 g/mol. The lowest BCUT2D eigenvalue weighted by atomic mass is 10.1. The summed E-state index contributed by atoms with van der Waals surface area (Å²) in [5.74, 6) is -0.326. The number of amides is 1. The first-order valence-corrected chi connectivity index (χ1v) is 5.13. The van der Waals surface area contributed by atoms with Crippen LogP contribution in [0.15, 0.2) is 0 Å². The van der Waals surface area contributed by atoms with Crippen LogP contribution in [0.25, 0.3) is 0 Å². The normalized spacial score (nSPS) is 12.8. The van der Waals surface area contributed by atoms with E-state index in [9.17, 15) is 9.90 Å². The summed E-state index contributed by atoms with van der Waals surface area (Å²) in [5.41, 5.74) is 4.97. The van der Waals surface area contributed by atoms with E-state index >= 15 is 0 Å². The number of carbonyl (C=O) groups excluding carboxylic acids is 1. The molecule has 1 amide bonds. The van der Waals surface area contributed by atoms with Gasteiger partial charge in [-0.2, -0.15) is 0 Å². The predicted octanol–water partition coefficient (Wildman–Crippen LogP) is 1.58. The molecule has 0 aromatic heterocycles. The van der Waals surface area contributed by atoms with E-state index < -0.39 is 0 Å². The van der Waals surface area contributed by atoms with Gasteiger partial charge >= 0.3 is 0 Å². The second-order valence-electron chi connectivity index (χ2n) is 3.51. The number of hydrogen-bond donors (Lipinski definition) is 2. The summed E-state index contributed by atoms with van der Waals surface area (Å²) < 4.78 is 0. The number of carbonyl (C=O) groups is 1. The summed E-state index contributed by atoms with van der Waals surface area (Å²) in [7, 11) is 0. The van der Waals surface area contributed by atoms with Gasteiger partial charge in [-0.15, -0.1) is 0 Å². The van der Waals surface area contributed by atoms with Crippen molar-refractivity contribution in [1.29, 1.82) is 0 Å². The van der Waals surface area contributed by atoms with Gasteiger partial charge in [-0.3, -0.25) is 4.79 Å². The van der Waals surface area contributed by atoms with Crippen molar-refractivity contribution in [1.82, 2.24) is 0 Å². The summed E-state index contributed by atoms with van der Waals surface area (Å²) in [6.07, 6.45) is 5.92. The lowest BCUT2D eigenvalue weighted by Crippen LogP contribution is -2.15. The van der Waals surface area contributed by atoms with Gasteiger partial charge in [0, 0.05) is 6.42 Å². The molecule has 0 fully saturated rings. The van der Waals surface area contributed by atoms with Crippen LogP contribution in [0.5, 0.6) is 0 Å². The van der Waals surface area contributed by atoms with E-state index in [4.69, 9.17) is 5.73 Å². The SMILES string of the molecule is CCCCCCC(O)CCC(N)=O. The number of primary amides is 1. The second-order valence-corrected chi connectivity index (χ2v) is 3.51. The number of nitrogens with two attached hydrogens (primary N) is 1.